The number of benzene rings is 9. The van der Waals surface area contributed by atoms with Crippen LogP contribution >= 0.6 is 11.3 Å². The van der Waals surface area contributed by atoms with E-state index in [1.54, 1.807) is 0 Å². The molecule has 0 bridgehead atoms. The zero-order chi connectivity index (χ0) is 39.6. The largest absolute Gasteiger partial charge is 0.456 e. The summed E-state index contributed by atoms with van der Waals surface area (Å²) in [6.45, 7) is 0. The Bertz CT molecular complexity index is 3620. The van der Waals surface area contributed by atoms with Crippen molar-refractivity contribution >= 4 is 64.2 Å². The second kappa shape index (κ2) is 14.0. The second-order valence-electron chi connectivity index (χ2n) is 15.1. The summed E-state index contributed by atoms with van der Waals surface area (Å²) < 4.78 is 8.82. The maximum Gasteiger partial charge on any atom is 0.164 e. The van der Waals surface area contributed by atoms with Crippen molar-refractivity contribution in [1.82, 2.24) is 15.0 Å². The van der Waals surface area contributed by atoms with Crippen molar-refractivity contribution in [3.63, 3.8) is 0 Å². The van der Waals surface area contributed by atoms with Crippen molar-refractivity contribution in [2.75, 3.05) is 0 Å². The standard InChI is InChI=1S/C55H33N3OS/c1-2-14-34(15-3-1)39-31-37-16-4-5-19-40(37)47(32-39)55-57-53(38-18-12-17-35(30-38)36-28-29-43-42-21-8-10-25-48(42)59-49(43)33-36)56-54(58-55)45-22-7-6-20-41(45)44-24-13-27-51-52(44)46-23-9-11-26-50(46)60-51/h1-33H. The van der Waals surface area contributed by atoms with Gasteiger partial charge in [0.2, 0.25) is 0 Å². The van der Waals surface area contributed by atoms with E-state index in [0.717, 1.165) is 82.8 Å². The Labute approximate surface area is 349 Å². The molecule has 60 heavy (non-hydrogen) atoms. The second-order valence-corrected chi connectivity index (χ2v) is 16.2. The molecule has 0 unspecified atom stereocenters. The van der Waals surface area contributed by atoms with E-state index in [1.165, 1.54) is 20.2 Å². The third-order valence-corrected chi connectivity index (χ3v) is 12.7. The SMILES string of the molecule is c1ccc(-c2cc(-c3nc(-c4cccc(-c5ccc6c(c5)oc5ccccc56)c4)nc(-c4ccccc4-c4cccc5sc6ccccc6c45)n3)c3ccccc3c2)cc1. The third kappa shape index (κ3) is 5.78. The minimum atomic E-state index is 0.602. The van der Waals surface area contributed by atoms with Crippen LogP contribution in [-0.4, -0.2) is 15.0 Å². The number of para-hydroxylation sites is 1. The fourth-order valence-electron chi connectivity index (χ4n) is 8.69. The lowest BCUT2D eigenvalue weighted by Gasteiger charge is -2.15. The van der Waals surface area contributed by atoms with E-state index >= 15 is 0 Å². The fraction of sp³-hybridized carbons (Fsp3) is 0. The van der Waals surface area contributed by atoms with Crippen LogP contribution in [0.15, 0.2) is 205 Å². The van der Waals surface area contributed by atoms with Crippen LogP contribution in [0.5, 0.6) is 0 Å². The summed E-state index contributed by atoms with van der Waals surface area (Å²) in [5.41, 5.74) is 11.1. The quantitative estimate of drug-likeness (QED) is 0.169. The number of furan rings is 1. The van der Waals surface area contributed by atoms with Crippen LogP contribution in [0, 0.1) is 0 Å². The summed E-state index contributed by atoms with van der Waals surface area (Å²) in [6.07, 6.45) is 0. The molecule has 280 valence electrons. The molecule has 0 atom stereocenters. The van der Waals surface area contributed by atoms with Gasteiger partial charge < -0.3 is 4.42 Å². The highest BCUT2D eigenvalue weighted by Crippen LogP contribution is 2.43. The van der Waals surface area contributed by atoms with Crippen molar-refractivity contribution in [3.8, 4) is 67.5 Å². The average molecular weight is 784 g/mol. The highest BCUT2D eigenvalue weighted by Gasteiger charge is 2.20. The number of rotatable bonds is 6. The van der Waals surface area contributed by atoms with Gasteiger partial charge in [0.05, 0.1) is 0 Å². The molecule has 4 nitrogen and oxygen atoms in total. The van der Waals surface area contributed by atoms with Gasteiger partial charge in [0.25, 0.3) is 0 Å². The highest BCUT2D eigenvalue weighted by molar-refractivity contribution is 7.25. The number of aromatic nitrogens is 3. The summed E-state index contributed by atoms with van der Waals surface area (Å²) in [4.78, 5) is 16.1. The maximum atomic E-state index is 6.30. The Hall–Kier alpha value is -7.73. The van der Waals surface area contributed by atoms with E-state index < -0.39 is 0 Å². The third-order valence-electron chi connectivity index (χ3n) is 11.5. The van der Waals surface area contributed by atoms with Crippen molar-refractivity contribution in [2.45, 2.75) is 0 Å². The van der Waals surface area contributed by atoms with Crippen molar-refractivity contribution < 1.29 is 4.42 Å². The van der Waals surface area contributed by atoms with Crippen LogP contribution < -0.4 is 0 Å². The van der Waals surface area contributed by atoms with Crippen molar-refractivity contribution in [3.05, 3.63) is 200 Å². The van der Waals surface area contributed by atoms with Gasteiger partial charge in [-0.3, -0.25) is 0 Å². The van der Waals surface area contributed by atoms with Crippen LogP contribution in [0.1, 0.15) is 0 Å². The van der Waals surface area contributed by atoms with Gasteiger partial charge in [-0.05, 0) is 92.7 Å². The van der Waals surface area contributed by atoms with Gasteiger partial charge in [-0.2, -0.15) is 0 Å². The van der Waals surface area contributed by atoms with Gasteiger partial charge in [-0.25, -0.2) is 15.0 Å². The summed E-state index contributed by atoms with van der Waals surface area (Å²) in [6, 6.07) is 70.4. The molecular formula is C55H33N3OS. The summed E-state index contributed by atoms with van der Waals surface area (Å²) >= 11 is 1.83. The van der Waals surface area contributed by atoms with Gasteiger partial charge in [0.15, 0.2) is 17.5 Å². The fourth-order valence-corrected chi connectivity index (χ4v) is 9.83. The lowest BCUT2D eigenvalue weighted by Crippen LogP contribution is -2.02. The molecule has 0 spiro atoms. The number of nitrogens with zero attached hydrogens (tertiary/aromatic N) is 3. The van der Waals surface area contributed by atoms with E-state index in [-0.39, 0.29) is 0 Å². The molecule has 0 amide bonds. The maximum absolute atomic E-state index is 6.30. The molecule has 5 heteroatoms. The van der Waals surface area contributed by atoms with Crippen molar-refractivity contribution in [2.24, 2.45) is 0 Å². The Kier molecular flexibility index (Phi) is 8.00. The van der Waals surface area contributed by atoms with Gasteiger partial charge in [-0.15, -0.1) is 11.3 Å². The zero-order valence-corrected chi connectivity index (χ0v) is 33.0. The first-order valence-electron chi connectivity index (χ1n) is 20.1. The molecule has 0 N–H and O–H groups in total. The van der Waals surface area contributed by atoms with Gasteiger partial charge >= 0.3 is 0 Å². The van der Waals surface area contributed by atoms with Crippen LogP contribution in [0.3, 0.4) is 0 Å². The molecule has 3 aromatic heterocycles. The van der Waals surface area contributed by atoms with Crippen LogP contribution in [0.25, 0.3) is 120 Å². The molecule has 0 aliphatic heterocycles. The minimum absolute atomic E-state index is 0.602. The molecule has 0 radical (unpaired) electrons. The highest BCUT2D eigenvalue weighted by atomic mass is 32.1. The monoisotopic (exact) mass is 783 g/mol. The number of hydrogen-bond donors (Lipinski definition) is 0. The van der Waals surface area contributed by atoms with Gasteiger partial charge in [0.1, 0.15) is 11.2 Å². The van der Waals surface area contributed by atoms with E-state index in [0.29, 0.717) is 17.5 Å². The molecule has 12 rings (SSSR count). The van der Waals surface area contributed by atoms with E-state index in [4.69, 9.17) is 19.4 Å². The Morgan fingerprint density at radius 1 is 0.317 bits per heavy atom. The van der Waals surface area contributed by atoms with Gasteiger partial charge in [0, 0.05) is 47.6 Å². The van der Waals surface area contributed by atoms with Crippen molar-refractivity contribution in [1.29, 1.82) is 0 Å². The Morgan fingerprint density at radius 3 is 1.83 bits per heavy atom. The average Bonchev–Trinajstić information content (AvgIpc) is 3.90. The molecule has 0 aliphatic rings. The molecular weight excluding hydrogens is 751 g/mol. The normalized spacial score (nSPS) is 11.7. The van der Waals surface area contributed by atoms with Gasteiger partial charge in [-0.1, -0.05) is 152 Å². The lowest BCUT2D eigenvalue weighted by atomic mass is 9.94. The molecule has 3 heterocycles. The topological polar surface area (TPSA) is 51.8 Å². The van der Waals surface area contributed by atoms with Crippen LogP contribution in [-0.2, 0) is 0 Å². The molecule has 0 aliphatic carbocycles. The molecule has 9 aromatic carbocycles. The lowest BCUT2D eigenvalue weighted by molar-refractivity contribution is 0.669. The first-order chi connectivity index (χ1) is 29.7. The first-order valence-corrected chi connectivity index (χ1v) is 20.9. The van der Waals surface area contributed by atoms with Crippen LogP contribution in [0.4, 0.5) is 0 Å². The van der Waals surface area contributed by atoms with E-state index in [2.05, 4.69) is 188 Å². The minimum Gasteiger partial charge on any atom is -0.456 e. The summed E-state index contributed by atoms with van der Waals surface area (Å²) in [7, 11) is 0. The predicted octanol–water partition coefficient (Wildman–Crippen LogP) is 15.3. The smallest absolute Gasteiger partial charge is 0.164 e. The van der Waals surface area contributed by atoms with Crippen LogP contribution in [0.2, 0.25) is 0 Å². The number of thiophene rings is 1. The summed E-state index contributed by atoms with van der Waals surface area (Å²) in [5.74, 6) is 1.84. The molecule has 12 aromatic rings. The first kappa shape index (κ1) is 34.3. The van der Waals surface area contributed by atoms with E-state index in [1.807, 2.05) is 23.5 Å². The molecule has 0 saturated carbocycles. The number of hydrogen-bond acceptors (Lipinski definition) is 5. The zero-order valence-electron chi connectivity index (χ0n) is 32.2. The van der Waals surface area contributed by atoms with E-state index in [9.17, 15) is 0 Å². The predicted molar refractivity (Wildman–Crippen MR) is 250 cm³/mol. The molecule has 0 saturated heterocycles. The number of fused-ring (bicyclic) bond motifs is 7. The summed E-state index contributed by atoms with van der Waals surface area (Å²) in [5, 5.41) is 6.92. The Morgan fingerprint density at radius 2 is 0.933 bits per heavy atom. The Balaban J connectivity index is 1.08. The molecule has 0 fully saturated rings.